The maximum absolute atomic E-state index is 13.4. The molecule has 2 fully saturated rings. The summed E-state index contributed by atoms with van der Waals surface area (Å²) in [6.07, 6.45) is 7.60. The van der Waals surface area contributed by atoms with Crippen LogP contribution < -0.4 is 0 Å². The predicted molar refractivity (Wildman–Crippen MR) is 136 cm³/mol. The lowest BCUT2D eigenvalue weighted by atomic mass is 9.89. The van der Waals surface area contributed by atoms with Gasteiger partial charge in [-0.05, 0) is 62.6 Å². The highest BCUT2D eigenvalue weighted by Gasteiger charge is 2.34. The Morgan fingerprint density at radius 3 is 2.49 bits per heavy atom. The third-order valence-electron chi connectivity index (χ3n) is 8.01. The van der Waals surface area contributed by atoms with Gasteiger partial charge in [0.05, 0.1) is 11.6 Å². The first-order chi connectivity index (χ1) is 17.2. The van der Waals surface area contributed by atoms with Gasteiger partial charge in [-0.25, -0.2) is 0 Å². The van der Waals surface area contributed by atoms with Crippen LogP contribution in [0.5, 0.6) is 0 Å². The van der Waals surface area contributed by atoms with Gasteiger partial charge in [-0.15, -0.1) is 0 Å². The van der Waals surface area contributed by atoms with Crippen LogP contribution in [0.4, 0.5) is 0 Å². The smallest absolute Gasteiger partial charge is 0.274 e. The standard InChI is InChI=1S/C28H38N6O/c1-2-12-34-26-11-10-24(19-25(26)27(30-34)28(35)33-13-4-3-5-14-33)32-17-15-31(16-18-32)21-23-8-6-22(20-29)7-9-23/h6-9,24H,2-5,10-19,21H2,1H3. The Hall–Kier alpha value is -2.69. The van der Waals surface area contributed by atoms with Crippen molar-refractivity contribution in [2.24, 2.45) is 0 Å². The minimum Gasteiger partial charge on any atom is -0.337 e. The normalized spacial score (nSPS) is 21.5. The highest BCUT2D eigenvalue weighted by Crippen LogP contribution is 2.30. The quantitative estimate of drug-likeness (QED) is 0.641. The predicted octanol–water partition coefficient (Wildman–Crippen LogP) is 3.47. The molecule has 5 rings (SSSR count). The molecule has 1 atom stereocenters. The van der Waals surface area contributed by atoms with Crippen molar-refractivity contribution in [2.75, 3.05) is 39.3 Å². The number of piperazine rings is 1. The van der Waals surface area contributed by atoms with Crippen molar-refractivity contribution in [3.63, 3.8) is 0 Å². The molecule has 1 aliphatic carbocycles. The van der Waals surface area contributed by atoms with Gasteiger partial charge in [0.25, 0.3) is 5.91 Å². The average Bonchev–Trinajstić information content (AvgIpc) is 3.27. The van der Waals surface area contributed by atoms with Crippen LogP contribution in [0, 0.1) is 11.3 Å². The van der Waals surface area contributed by atoms with Gasteiger partial charge in [0.2, 0.25) is 0 Å². The average molecular weight is 475 g/mol. The number of hydrogen-bond donors (Lipinski definition) is 0. The van der Waals surface area contributed by atoms with E-state index in [1.54, 1.807) is 0 Å². The Labute approximate surface area is 209 Å². The highest BCUT2D eigenvalue weighted by molar-refractivity contribution is 5.94. The second kappa shape index (κ2) is 10.9. The molecule has 0 radical (unpaired) electrons. The first-order valence-electron chi connectivity index (χ1n) is 13.5. The van der Waals surface area contributed by atoms with Gasteiger partial charge >= 0.3 is 0 Å². The van der Waals surface area contributed by atoms with Gasteiger partial charge in [-0.1, -0.05) is 19.1 Å². The van der Waals surface area contributed by atoms with Crippen molar-refractivity contribution < 1.29 is 4.79 Å². The van der Waals surface area contributed by atoms with Gasteiger partial charge in [-0.2, -0.15) is 10.4 Å². The SMILES string of the molecule is CCCn1nc(C(=O)N2CCCCC2)c2c1CCC(N1CCN(Cc3ccc(C#N)cc3)CC1)C2. The van der Waals surface area contributed by atoms with Gasteiger partial charge in [0.15, 0.2) is 5.69 Å². The number of nitriles is 1. The van der Waals surface area contributed by atoms with Crippen molar-refractivity contribution in [3.8, 4) is 6.07 Å². The topological polar surface area (TPSA) is 68.4 Å². The molecule has 2 aromatic rings. The fourth-order valence-corrected chi connectivity index (χ4v) is 6.03. The molecule has 0 spiro atoms. The molecule has 7 nitrogen and oxygen atoms in total. The van der Waals surface area contributed by atoms with Crippen LogP contribution >= 0.6 is 0 Å². The molecule has 3 heterocycles. The summed E-state index contributed by atoms with van der Waals surface area (Å²) in [5, 5.41) is 13.9. The van der Waals surface area contributed by atoms with Gasteiger partial charge in [-0.3, -0.25) is 19.3 Å². The molecular formula is C28H38N6O. The summed E-state index contributed by atoms with van der Waals surface area (Å²) < 4.78 is 2.14. The van der Waals surface area contributed by atoms with Crippen LogP contribution in [0.3, 0.4) is 0 Å². The van der Waals surface area contributed by atoms with E-state index in [9.17, 15) is 4.79 Å². The van der Waals surface area contributed by atoms with Crippen LogP contribution in [0.15, 0.2) is 24.3 Å². The number of aromatic nitrogens is 2. The summed E-state index contributed by atoms with van der Waals surface area (Å²) in [7, 11) is 0. The second-order valence-corrected chi connectivity index (χ2v) is 10.4. The number of rotatable bonds is 6. The van der Waals surface area contributed by atoms with E-state index < -0.39 is 0 Å². The van der Waals surface area contributed by atoms with E-state index in [1.807, 2.05) is 17.0 Å². The molecule has 0 N–H and O–H groups in total. The molecule has 3 aliphatic rings. The number of benzene rings is 1. The third-order valence-corrected chi connectivity index (χ3v) is 8.01. The molecule has 186 valence electrons. The van der Waals surface area contributed by atoms with Crippen LogP contribution in [-0.2, 0) is 25.9 Å². The number of carbonyl (C=O) groups is 1. The van der Waals surface area contributed by atoms with E-state index in [0.29, 0.717) is 6.04 Å². The summed E-state index contributed by atoms with van der Waals surface area (Å²) in [6.45, 7) is 10.0. The number of fused-ring (bicyclic) bond motifs is 1. The molecule has 35 heavy (non-hydrogen) atoms. The van der Waals surface area contributed by atoms with Crippen molar-refractivity contribution in [1.29, 1.82) is 5.26 Å². The molecule has 1 amide bonds. The van der Waals surface area contributed by atoms with Crippen LogP contribution in [0.25, 0.3) is 0 Å². The van der Waals surface area contributed by atoms with Crippen LogP contribution in [0.2, 0.25) is 0 Å². The molecule has 7 heteroatoms. The van der Waals surface area contributed by atoms with E-state index in [1.165, 1.54) is 23.2 Å². The summed E-state index contributed by atoms with van der Waals surface area (Å²) >= 11 is 0. The van der Waals surface area contributed by atoms with E-state index in [0.717, 1.165) is 102 Å². The van der Waals surface area contributed by atoms with E-state index in [2.05, 4.69) is 39.6 Å². The molecule has 1 unspecified atom stereocenters. The number of hydrogen-bond acceptors (Lipinski definition) is 5. The van der Waals surface area contributed by atoms with Crippen molar-refractivity contribution in [3.05, 3.63) is 52.3 Å². The lowest BCUT2D eigenvalue weighted by molar-refractivity contribution is 0.0712. The van der Waals surface area contributed by atoms with E-state index in [4.69, 9.17) is 10.4 Å². The first kappa shape index (κ1) is 24.0. The number of nitrogens with zero attached hydrogens (tertiary/aromatic N) is 6. The van der Waals surface area contributed by atoms with Gasteiger partial charge in [0, 0.05) is 69.7 Å². The lowest BCUT2D eigenvalue weighted by Crippen LogP contribution is -2.51. The Bertz CT molecular complexity index is 1050. The summed E-state index contributed by atoms with van der Waals surface area (Å²) in [5.41, 5.74) is 5.26. The Kier molecular flexibility index (Phi) is 7.50. The minimum atomic E-state index is 0.156. The van der Waals surface area contributed by atoms with Crippen molar-refractivity contribution in [2.45, 2.75) is 71.0 Å². The molecule has 1 aromatic carbocycles. The first-order valence-corrected chi connectivity index (χ1v) is 13.5. The maximum Gasteiger partial charge on any atom is 0.274 e. The number of piperidine rings is 1. The molecule has 2 saturated heterocycles. The minimum absolute atomic E-state index is 0.156. The monoisotopic (exact) mass is 474 g/mol. The largest absolute Gasteiger partial charge is 0.337 e. The lowest BCUT2D eigenvalue weighted by Gasteiger charge is -2.41. The molecular weight excluding hydrogens is 436 g/mol. The third kappa shape index (κ3) is 5.29. The highest BCUT2D eigenvalue weighted by atomic mass is 16.2. The van der Waals surface area contributed by atoms with Crippen LogP contribution in [-0.4, -0.2) is 75.7 Å². The Morgan fingerprint density at radius 2 is 1.80 bits per heavy atom. The van der Waals surface area contributed by atoms with Crippen molar-refractivity contribution >= 4 is 5.91 Å². The molecule has 0 bridgehead atoms. The zero-order valence-corrected chi connectivity index (χ0v) is 21.1. The number of amides is 1. The number of carbonyl (C=O) groups excluding carboxylic acids is 1. The second-order valence-electron chi connectivity index (χ2n) is 10.4. The van der Waals surface area contributed by atoms with Gasteiger partial charge < -0.3 is 4.90 Å². The Morgan fingerprint density at radius 1 is 1.06 bits per heavy atom. The molecule has 2 aliphatic heterocycles. The molecule has 0 saturated carbocycles. The van der Waals surface area contributed by atoms with Crippen LogP contribution in [0.1, 0.15) is 71.9 Å². The zero-order chi connectivity index (χ0) is 24.2. The summed E-state index contributed by atoms with van der Waals surface area (Å²) in [6, 6.07) is 10.6. The Balaban J connectivity index is 1.24. The van der Waals surface area contributed by atoms with E-state index in [-0.39, 0.29) is 5.91 Å². The van der Waals surface area contributed by atoms with Gasteiger partial charge in [0.1, 0.15) is 0 Å². The maximum atomic E-state index is 13.4. The zero-order valence-electron chi connectivity index (χ0n) is 21.1. The van der Waals surface area contributed by atoms with Crippen molar-refractivity contribution in [1.82, 2.24) is 24.5 Å². The summed E-state index contributed by atoms with van der Waals surface area (Å²) in [5.74, 6) is 0.156. The molecule has 1 aromatic heterocycles. The summed E-state index contributed by atoms with van der Waals surface area (Å²) in [4.78, 5) is 20.6. The number of aryl methyl sites for hydroxylation is 1. The van der Waals surface area contributed by atoms with E-state index >= 15 is 0 Å². The fourth-order valence-electron chi connectivity index (χ4n) is 6.03. The number of likely N-dealkylation sites (tertiary alicyclic amines) is 1. The fraction of sp³-hybridized carbons (Fsp3) is 0.607.